The third-order valence-corrected chi connectivity index (χ3v) is 2.92. The molecule has 68 valence electrons. The van der Waals surface area contributed by atoms with E-state index < -0.39 is 0 Å². The predicted octanol–water partition coefficient (Wildman–Crippen LogP) is 0.692. The Balaban J connectivity index is 1.83. The van der Waals surface area contributed by atoms with E-state index in [1.165, 1.54) is 0 Å². The van der Waals surface area contributed by atoms with Gasteiger partial charge in [0.25, 0.3) is 0 Å². The second-order valence-corrected chi connectivity index (χ2v) is 3.94. The summed E-state index contributed by atoms with van der Waals surface area (Å²) in [5, 5.41) is 2.88. The molecule has 1 aliphatic carbocycles. The zero-order chi connectivity index (χ0) is 8.60. The van der Waals surface area contributed by atoms with Gasteiger partial charge in [-0.1, -0.05) is 0 Å². The van der Waals surface area contributed by atoms with E-state index in [4.69, 9.17) is 4.74 Å². The minimum absolute atomic E-state index is 0.213. The van der Waals surface area contributed by atoms with Crippen molar-refractivity contribution < 1.29 is 9.53 Å². The monoisotopic (exact) mass is 169 g/mol. The van der Waals surface area contributed by atoms with Crippen molar-refractivity contribution in [2.75, 3.05) is 13.2 Å². The standard InChI is InChI=1S/C9H15NO2/c1-2-12-7-3-9(4-7)5-8(11)10-6-9/h7H,2-6H2,1H3,(H,10,11). The van der Waals surface area contributed by atoms with Gasteiger partial charge in [0.2, 0.25) is 5.91 Å². The van der Waals surface area contributed by atoms with Crippen LogP contribution in [0.15, 0.2) is 0 Å². The highest BCUT2D eigenvalue weighted by atomic mass is 16.5. The third-order valence-electron chi connectivity index (χ3n) is 2.92. The Morgan fingerprint density at radius 2 is 2.42 bits per heavy atom. The summed E-state index contributed by atoms with van der Waals surface area (Å²) in [7, 11) is 0. The molecular formula is C9H15NO2. The van der Waals surface area contributed by atoms with E-state index in [2.05, 4.69) is 5.32 Å². The van der Waals surface area contributed by atoms with Gasteiger partial charge in [0.1, 0.15) is 0 Å². The molecule has 1 saturated carbocycles. The minimum Gasteiger partial charge on any atom is -0.378 e. The molecule has 0 aromatic heterocycles. The van der Waals surface area contributed by atoms with Gasteiger partial charge < -0.3 is 10.1 Å². The molecule has 0 aromatic carbocycles. The second-order valence-electron chi connectivity index (χ2n) is 3.94. The van der Waals surface area contributed by atoms with Crippen molar-refractivity contribution in [3.8, 4) is 0 Å². The molecule has 1 saturated heterocycles. The quantitative estimate of drug-likeness (QED) is 0.660. The topological polar surface area (TPSA) is 38.3 Å². The normalized spacial score (nSPS) is 39.8. The number of carbonyl (C=O) groups excluding carboxylic acids is 1. The lowest BCUT2D eigenvalue weighted by Crippen LogP contribution is -2.43. The maximum atomic E-state index is 11.0. The van der Waals surface area contributed by atoms with Crippen LogP contribution in [0.25, 0.3) is 0 Å². The Hall–Kier alpha value is -0.570. The summed E-state index contributed by atoms with van der Waals surface area (Å²) in [6.45, 7) is 3.68. The van der Waals surface area contributed by atoms with Crippen LogP contribution in [0.4, 0.5) is 0 Å². The zero-order valence-corrected chi connectivity index (χ0v) is 7.43. The highest BCUT2D eigenvalue weighted by molar-refractivity contribution is 5.79. The molecule has 0 aromatic rings. The lowest BCUT2D eigenvalue weighted by atomic mass is 9.66. The maximum absolute atomic E-state index is 11.0. The molecule has 1 aliphatic heterocycles. The van der Waals surface area contributed by atoms with Crippen molar-refractivity contribution in [2.24, 2.45) is 5.41 Å². The number of hydrogen-bond donors (Lipinski definition) is 1. The van der Waals surface area contributed by atoms with Crippen molar-refractivity contribution in [2.45, 2.75) is 32.3 Å². The molecule has 1 spiro atoms. The Bertz CT molecular complexity index is 197. The summed E-state index contributed by atoms with van der Waals surface area (Å²) >= 11 is 0. The first kappa shape index (κ1) is 8.05. The van der Waals surface area contributed by atoms with E-state index >= 15 is 0 Å². The van der Waals surface area contributed by atoms with Crippen molar-refractivity contribution in [3.05, 3.63) is 0 Å². The molecule has 12 heavy (non-hydrogen) atoms. The van der Waals surface area contributed by atoms with E-state index in [1.54, 1.807) is 0 Å². The van der Waals surface area contributed by atoms with Gasteiger partial charge in [-0.2, -0.15) is 0 Å². The van der Waals surface area contributed by atoms with Crippen LogP contribution < -0.4 is 5.32 Å². The molecule has 2 aliphatic rings. The number of hydrogen-bond acceptors (Lipinski definition) is 2. The highest BCUT2D eigenvalue weighted by Gasteiger charge is 2.49. The van der Waals surface area contributed by atoms with Crippen LogP contribution in [0.5, 0.6) is 0 Å². The molecule has 0 bridgehead atoms. The van der Waals surface area contributed by atoms with Crippen molar-refractivity contribution in [1.29, 1.82) is 0 Å². The number of ether oxygens (including phenoxy) is 1. The summed E-state index contributed by atoms with van der Waals surface area (Å²) in [5.74, 6) is 0.213. The largest absolute Gasteiger partial charge is 0.378 e. The summed E-state index contributed by atoms with van der Waals surface area (Å²) < 4.78 is 5.46. The van der Waals surface area contributed by atoms with Crippen LogP contribution in [0.3, 0.4) is 0 Å². The Labute approximate surface area is 72.5 Å². The van der Waals surface area contributed by atoms with Crippen molar-refractivity contribution in [1.82, 2.24) is 5.32 Å². The van der Waals surface area contributed by atoms with Gasteiger partial charge in [0.15, 0.2) is 0 Å². The van der Waals surface area contributed by atoms with E-state index in [-0.39, 0.29) is 11.3 Å². The van der Waals surface area contributed by atoms with Crippen LogP contribution >= 0.6 is 0 Å². The average molecular weight is 169 g/mol. The Morgan fingerprint density at radius 3 is 2.92 bits per heavy atom. The van der Waals surface area contributed by atoms with Crippen LogP contribution in [-0.4, -0.2) is 25.2 Å². The van der Waals surface area contributed by atoms with Gasteiger partial charge in [0.05, 0.1) is 6.10 Å². The molecular weight excluding hydrogens is 154 g/mol. The lowest BCUT2D eigenvalue weighted by molar-refractivity contribution is -0.121. The molecule has 0 atom stereocenters. The molecule has 0 unspecified atom stereocenters. The first-order chi connectivity index (χ1) is 5.74. The lowest BCUT2D eigenvalue weighted by Gasteiger charge is -2.43. The van der Waals surface area contributed by atoms with Crippen LogP contribution in [-0.2, 0) is 9.53 Å². The molecule has 1 heterocycles. The SMILES string of the molecule is CCOC1CC2(CNC(=O)C2)C1. The summed E-state index contributed by atoms with van der Waals surface area (Å²) in [6.07, 6.45) is 3.28. The fourth-order valence-electron chi connectivity index (χ4n) is 2.30. The first-order valence-corrected chi connectivity index (χ1v) is 4.62. The van der Waals surface area contributed by atoms with Gasteiger partial charge in [-0.25, -0.2) is 0 Å². The van der Waals surface area contributed by atoms with E-state index in [1.807, 2.05) is 6.92 Å². The fraction of sp³-hybridized carbons (Fsp3) is 0.889. The Kier molecular flexibility index (Phi) is 1.83. The maximum Gasteiger partial charge on any atom is 0.220 e. The molecule has 1 N–H and O–H groups in total. The number of nitrogens with one attached hydrogen (secondary N) is 1. The first-order valence-electron chi connectivity index (χ1n) is 4.62. The molecule has 3 heteroatoms. The second kappa shape index (κ2) is 2.73. The number of rotatable bonds is 2. The molecule has 3 nitrogen and oxygen atoms in total. The summed E-state index contributed by atoms with van der Waals surface area (Å²) in [4.78, 5) is 11.0. The van der Waals surface area contributed by atoms with Crippen LogP contribution in [0.1, 0.15) is 26.2 Å². The number of carbonyl (C=O) groups is 1. The smallest absolute Gasteiger partial charge is 0.220 e. The molecule has 1 amide bonds. The average Bonchev–Trinajstić information content (AvgIpc) is 2.31. The van der Waals surface area contributed by atoms with Gasteiger partial charge in [0, 0.05) is 25.0 Å². The van der Waals surface area contributed by atoms with Gasteiger partial charge in [-0.05, 0) is 19.8 Å². The highest BCUT2D eigenvalue weighted by Crippen LogP contribution is 2.47. The predicted molar refractivity (Wildman–Crippen MR) is 44.7 cm³/mol. The van der Waals surface area contributed by atoms with E-state index in [0.29, 0.717) is 6.10 Å². The zero-order valence-electron chi connectivity index (χ0n) is 7.43. The fourth-order valence-corrected chi connectivity index (χ4v) is 2.30. The molecule has 0 radical (unpaired) electrons. The molecule has 2 fully saturated rings. The summed E-state index contributed by atoms with van der Waals surface area (Å²) in [6, 6.07) is 0. The van der Waals surface area contributed by atoms with Gasteiger partial charge >= 0.3 is 0 Å². The van der Waals surface area contributed by atoms with Gasteiger partial charge in [-0.15, -0.1) is 0 Å². The van der Waals surface area contributed by atoms with Crippen LogP contribution in [0.2, 0.25) is 0 Å². The van der Waals surface area contributed by atoms with Crippen molar-refractivity contribution >= 4 is 5.91 Å². The van der Waals surface area contributed by atoms with Crippen LogP contribution in [0, 0.1) is 5.41 Å². The van der Waals surface area contributed by atoms with Crippen molar-refractivity contribution in [3.63, 3.8) is 0 Å². The number of amides is 1. The minimum atomic E-state index is 0.213. The molecule has 2 rings (SSSR count). The van der Waals surface area contributed by atoms with Gasteiger partial charge in [-0.3, -0.25) is 4.79 Å². The van der Waals surface area contributed by atoms with E-state index in [0.717, 1.165) is 32.4 Å². The summed E-state index contributed by atoms with van der Waals surface area (Å²) in [5.41, 5.74) is 0.275. The third kappa shape index (κ3) is 1.22. The Morgan fingerprint density at radius 1 is 1.67 bits per heavy atom. The van der Waals surface area contributed by atoms with E-state index in [9.17, 15) is 4.79 Å².